The summed E-state index contributed by atoms with van der Waals surface area (Å²) in [5.74, 6) is 1.26. The molecule has 21 heavy (non-hydrogen) atoms. The van der Waals surface area contributed by atoms with E-state index in [0.29, 0.717) is 11.3 Å². The first-order chi connectivity index (χ1) is 10.0. The third-order valence-electron chi connectivity index (χ3n) is 3.49. The molecule has 0 aliphatic heterocycles. The zero-order valence-corrected chi connectivity index (χ0v) is 12.3. The molecule has 0 spiro atoms. The van der Waals surface area contributed by atoms with E-state index in [1.165, 1.54) is 12.1 Å². The SMILES string of the molecule is Cc1ccc(C)c(OC(C)c2nc3ccc(F)cc3[nH]2)c1. The maximum atomic E-state index is 13.2. The molecule has 0 amide bonds. The Bertz CT molecular complexity index is 795. The topological polar surface area (TPSA) is 37.9 Å². The number of nitrogens with one attached hydrogen (secondary N) is 1. The first-order valence-corrected chi connectivity index (χ1v) is 6.92. The molecule has 3 aromatic rings. The molecule has 1 atom stereocenters. The fourth-order valence-electron chi connectivity index (χ4n) is 2.27. The molecule has 0 bridgehead atoms. The van der Waals surface area contributed by atoms with E-state index >= 15 is 0 Å². The second-order valence-electron chi connectivity index (χ2n) is 5.31. The Morgan fingerprint density at radius 1 is 1.14 bits per heavy atom. The van der Waals surface area contributed by atoms with E-state index in [9.17, 15) is 4.39 Å². The van der Waals surface area contributed by atoms with Crippen LogP contribution in [0.4, 0.5) is 4.39 Å². The molecule has 0 saturated heterocycles. The maximum Gasteiger partial charge on any atom is 0.153 e. The van der Waals surface area contributed by atoms with Crippen LogP contribution in [0, 0.1) is 19.7 Å². The molecule has 3 nitrogen and oxygen atoms in total. The van der Waals surface area contributed by atoms with Gasteiger partial charge in [0.1, 0.15) is 17.4 Å². The van der Waals surface area contributed by atoms with E-state index in [2.05, 4.69) is 16.0 Å². The van der Waals surface area contributed by atoms with Gasteiger partial charge in [-0.05, 0) is 56.2 Å². The second-order valence-corrected chi connectivity index (χ2v) is 5.31. The van der Waals surface area contributed by atoms with E-state index in [4.69, 9.17) is 4.74 Å². The summed E-state index contributed by atoms with van der Waals surface area (Å²) in [4.78, 5) is 7.57. The second kappa shape index (κ2) is 5.20. The number of aromatic nitrogens is 2. The van der Waals surface area contributed by atoms with Crippen LogP contribution in [0.1, 0.15) is 30.0 Å². The molecule has 1 N–H and O–H groups in total. The van der Waals surface area contributed by atoms with Crippen molar-refractivity contribution in [2.24, 2.45) is 0 Å². The van der Waals surface area contributed by atoms with Gasteiger partial charge in [0.25, 0.3) is 0 Å². The van der Waals surface area contributed by atoms with Gasteiger partial charge in [0.15, 0.2) is 6.10 Å². The van der Waals surface area contributed by atoms with Crippen molar-refractivity contribution in [3.63, 3.8) is 0 Å². The Morgan fingerprint density at radius 2 is 1.95 bits per heavy atom. The van der Waals surface area contributed by atoms with Crippen molar-refractivity contribution in [3.05, 3.63) is 59.2 Å². The molecule has 1 heterocycles. The molecule has 0 saturated carbocycles. The quantitative estimate of drug-likeness (QED) is 0.771. The first kappa shape index (κ1) is 13.6. The number of benzene rings is 2. The molecular formula is C17H17FN2O. The van der Waals surface area contributed by atoms with Crippen molar-refractivity contribution in [2.75, 3.05) is 0 Å². The summed E-state index contributed by atoms with van der Waals surface area (Å²) < 4.78 is 19.2. The molecule has 0 radical (unpaired) electrons. The van der Waals surface area contributed by atoms with Crippen LogP contribution in [-0.4, -0.2) is 9.97 Å². The van der Waals surface area contributed by atoms with E-state index in [1.807, 2.05) is 32.9 Å². The van der Waals surface area contributed by atoms with Gasteiger partial charge < -0.3 is 9.72 Å². The van der Waals surface area contributed by atoms with Crippen LogP contribution in [0.2, 0.25) is 0 Å². The minimum Gasteiger partial charge on any atom is -0.483 e. The average Bonchev–Trinajstić information content (AvgIpc) is 2.86. The van der Waals surface area contributed by atoms with Gasteiger partial charge in [0.05, 0.1) is 11.0 Å². The summed E-state index contributed by atoms with van der Waals surface area (Å²) in [5.41, 5.74) is 3.65. The number of H-pyrrole nitrogens is 1. The van der Waals surface area contributed by atoms with Crippen molar-refractivity contribution in [1.29, 1.82) is 0 Å². The Morgan fingerprint density at radius 3 is 2.76 bits per heavy atom. The number of nitrogens with zero attached hydrogens (tertiary/aromatic N) is 1. The molecule has 2 aromatic carbocycles. The van der Waals surface area contributed by atoms with Crippen LogP contribution in [0.15, 0.2) is 36.4 Å². The third-order valence-corrected chi connectivity index (χ3v) is 3.49. The maximum absolute atomic E-state index is 13.2. The average molecular weight is 284 g/mol. The van der Waals surface area contributed by atoms with E-state index in [1.54, 1.807) is 6.07 Å². The predicted octanol–water partition coefficient (Wildman–Crippen LogP) is 4.46. The van der Waals surface area contributed by atoms with Crippen molar-refractivity contribution in [3.8, 4) is 5.75 Å². The normalized spacial score (nSPS) is 12.6. The van der Waals surface area contributed by atoms with Gasteiger partial charge in [-0.25, -0.2) is 9.37 Å². The lowest BCUT2D eigenvalue weighted by atomic mass is 10.1. The molecule has 0 aliphatic rings. The van der Waals surface area contributed by atoms with E-state index in [-0.39, 0.29) is 11.9 Å². The standard InChI is InChI=1S/C17H17FN2O/c1-10-4-5-11(2)16(8-10)21-12(3)17-19-14-7-6-13(18)9-15(14)20-17/h4-9,12H,1-3H3,(H,19,20). The molecule has 3 rings (SSSR count). The van der Waals surface area contributed by atoms with Gasteiger partial charge in [0, 0.05) is 0 Å². The van der Waals surface area contributed by atoms with E-state index < -0.39 is 0 Å². The van der Waals surface area contributed by atoms with Gasteiger partial charge in [0.2, 0.25) is 0 Å². The Labute approximate surface area is 122 Å². The fraction of sp³-hybridized carbons (Fsp3) is 0.235. The summed E-state index contributed by atoms with van der Waals surface area (Å²) in [6.07, 6.45) is -0.235. The van der Waals surface area contributed by atoms with Crippen LogP contribution in [-0.2, 0) is 0 Å². The summed E-state index contributed by atoms with van der Waals surface area (Å²) in [6, 6.07) is 10.6. The van der Waals surface area contributed by atoms with Crippen molar-refractivity contribution in [2.45, 2.75) is 26.9 Å². The minimum atomic E-state index is -0.277. The summed E-state index contributed by atoms with van der Waals surface area (Å²) in [7, 11) is 0. The third kappa shape index (κ3) is 2.75. The van der Waals surface area contributed by atoms with Crippen LogP contribution in [0.25, 0.3) is 11.0 Å². The molecule has 1 aromatic heterocycles. The van der Waals surface area contributed by atoms with Crippen molar-refractivity contribution >= 4 is 11.0 Å². The highest BCUT2D eigenvalue weighted by Gasteiger charge is 2.14. The molecule has 108 valence electrons. The van der Waals surface area contributed by atoms with Crippen molar-refractivity contribution in [1.82, 2.24) is 9.97 Å². The van der Waals surface area contributed by atoms with Crippen LogP contribution in [0.3, 0.4) is 0 Å². The smallest absolute Gasteiger partial charge is 0.153 e. The van der Waals surface area contributed by atoms with Gasteiger partial charge in [-0.1, -0.05) is 12.1 Å². The van der Waals surface area contributed by atoms with Crippen LogP contribution < -0.4 is 4.74 Å². The number of rotatable bonds is 3. The number of hydrogen-bond acceptors (Lipinski definition) is 2. The highest BCUT2D eigenvalue weighted by Crippen LogP contribution is 2.26. The van der Waals surface area contributed by atoms with Gasteiger partial charge in [-0.2, -0.15) is 0 Å². The fourth-order valence-corrected chi connectivity index (χ4v) is 2.27. The number of aromatic amines is 1. The minimum absolute atomic E-state index is 0.235. The van der Waals surface area contributed by atoms with Crippen molar-refractivity contribution < 1.29 is 9.13 Å². The zero-order chi connectivity index (χ0) is 15.0. The zero-order valence-electron chi connectivity index (χ0n) is 12.3. The van der Waals surface area contributed by atoms with Gasteiger partial charge in [-0.3, -0.25) is 0 Å². The van der Waals surface area contributed by atoms with Gasteiger partial charge >= 0.3 is 0 Å². The number of hydrogen-bond donors (Lipinski definition) is 1. The largest absolute Gasteiger partial charge is 0.483 e. The summed E-state index contributed by atoms with van der Waals surface area (Å²) in [6.45, 7) is 5.96. The Hall–Kier alpha value is -2.36. The number of aryl methyl sites for hydroxylation is 2. The summed E-state index contributed by atoms with van der Waals surface area (Å²) >= 11 is 0. The molecule has 1 unspecified atom stereocenters. The molecule has 4 heteroatoms. The molecular weight excluding hydrogens is 267 g/mol. The highest BCUT2D eigenvalue weighted by molar-refractivity contribution is 5.75. The number of imidazole rings is 1. The lowest BCUT2D eigenvalue weighted by Crippen LogP contribution is -2.06. The van der Waals surface area contributed by atoms with Crippen LogP contribution in [0.5, 0.6) is 5.75 Å². The molecule has 0 fully saturated rings. The van der Waals surface area contributed by atoms with Gasteiger partial charge in [-0.15, -0.1) is 0 Å². The molecule has 0 aliphatic carbocycles. The lowest BCUT2D eigenvalue weighted by Gasteiger charge is -2.15. The Balaban J connectivity index is 1.89. The monoisotopic (exact) mass is 284 g/mol. The lowest BCUT2D eigenvalue weighted by molar-refractivity contribution is 0.216. The van der Waals surface area contributed by atoms with E-state index in [0.717, 1.165) is 22.4 Å². The predicted molar refractivity (Wildman–Crippen MR) is 81.0 cm³/mol. The Kier molecular flexibility index (Phi) is 3.37. The first-order valence-electron chi connectivity index (χ1n) is 6.92. The highest BCUT2D eigenvalue weighted by atomic mass is 19.1. The number of halogens is 1. The van der Waals surface area contributed by atoms with Crippen LogP contribution >= 0.6 is 0 Å². The summed E-state index contributed by atoms with van der Waals surface area (Å²) in [5, 5.41) is 0. The number of fused-ring (bicyclic) bond motifs is 1. The number of ether oxygens (including phenoxy) is 1.